The third kappa shape index (κ3) is 7.16. The fraction of sp³-hybridized carbons (Fsp3) is 0.667. The molecule has 1 N–H and O–H groups in total. The van der Waals surface area contributed by atoms with Crippen molar-refractivity contribution in [2.45, 2.75) is 85.4 Å². The molecule has 3 heteroatoms. The number of unbranched alkanes of at least 4 members (excludes halogenated alkanes) is 3. The number of rotatable bonds is 13. The van der Waals surface area contributed by atoms with Crippen LogP contribution in [0.5, 0.6) is 0 Å². The van der Waals surface area contributed by atoms with Gasteiger partial charge in [-0.25, -0.2) is 0 Å². The number of benzene rings is 1. The first-order chi connectivity index (χ1) is 11.6. The summed E-state index contributed by atoms with van der Waals surface area (Å²) in [6, 6.07) is 9.14. The molecule has 0 atom stereocenters. The van der Waals surface area contributed by atoms with Crippen molar-refractivity contribution in [3.8, 4) is 0 Å². The first kappa shape index (κ1) is 21.5. The summed E-state index contributed by atoms with van der Waals surface area (Å²) < 4.78 is 6.14. The molecule has 0 saturated heterocycles. The number of carboxylic acid groups (broad SMARTS) is 1. The van der Waals surface area contributed by atoms with Crippen LogP contribution in [-0.2, 0) is 11.2 Å². The molecule has 0 spiro atoms. The quantitative estimate of drug-likeness (QED) is 0.397. The van der Waals surface area contributed by atoms with Crippen molar-refractivity contribution in [2.24, 2.45) is 0 Å². The molecular weight excluding hydrogens is 403 g/mol. The van der Waals surface area contributed by atoms with Gasteiger partial charge in [-0.05, 0) is 0 Å². The van der Waals surface area contributed by atoms with Crippen molar-refractivity contribution in [2.75, 3.05) is 0 Å². The van der Waals surface area contributed by atoms with Gasteiger partial charge in [-0.2, -0.15) is 0 Å². The fourth-order valence-corrected chi connectivity index (χ4v) is 19.6. The minimum absolute atomic E-state index is 0.231. The van der Waals surface area contributed by atoms with Gasteiger partial charge >= 0.3 is 153 Å². The summed E-state index contributed by atoms with van der Waals surface area (Å²) >= 11 is -2.31. The topological polar surface area (TPSA) is 37.3 Å². The maximum atomic E-state index is 10.8. The molecule has 136 valence electrons. The zero-order valence-electron chi connectivity index (χ0n) is 15.9. The molecule has 0 bridgehead atoms. The first-order valence-electron chi connectivity index (χ1n) is 9.89. The number of aliphatic carboxylic acids is 1. The van der Waals surface area contributed by atoms with E-state index in [1.807, 2.05) is 0 Å². The monoisotopic (exact) mass is 440 g/mol. The summed E-state index contributed by atoms with van der Waals surface area (Å²) in [5.41, 5.74) is 1.17. The normalized spacial score (nSPS) is 11.6. The molecule has 0 aliphatic heterocycles. The van der Waals surface area contributed by atoms with E-state index in [1.54, 1.807) is 3.58 Å². The molecule has 0 amide bonds. The molecule has 0 aromatic heterocycles. The second-order valence-corrected chi connectivity index (χ2v) is 20.4. The Hall–Kier alpha value is -0.511. The Labute approximate surface area is 152 Å². The SMILES string of the molecule is CCC[CH2][Sn]([CH2]CCC)([CH2]CCC)[c]1ccc(CCC(=O)O)cc1. The maximum absolute atomic E-state index is 10.8. The van der Waals surface area contributed by atoms with Crippen LogP contribution >= 0.6 is 0 Å². The van der Waals surface area contributed by atoms with Crippen molar-refractivity contribution in [1.82, 2.24) is 0 Å². The average molecular weight is 439 g/mol. The van der Waals surface area contributed by atoms with E-state index in [2.05, 4.69) is 45.0 Å². The van der Waals surface area contributed by atoms with E-state index in [-0.39, 0.29) is 6.42 Å². The van der Waals surface area contributed by atoms with Crippen molar-refractivity contribution < 1.29 is 9.90 Å². The van der Waals surface area contributed by atoms with Crippen LogP contribution in [0, 0.1) is 0 Å². The Morgan fingerprint density at radius 2 is 1.33 bits per heavy atom. The van der Waals surface area contributed by atoms with Crippen LogP contribution in [0.2, 0.25) is 13.3 Å². The summed E-state index contributed by atoms with van der Waals surface area (Å²) in [4.78, 5) is 10.8. The van der Waals surface area contributed by atoms with Crippen molar-refractivity contribution in [3.05, 3.63) is 29.8 Å². The third-order valence-electron chi connectivity index (χ3n) is 5.22. The van der Waals surface area contributed by atoms with Gasteiger partial charge in [-0.15, -0.1) is 0 Å². The number of hydrogen-bond acceptors (Lipinski definition) is 1. The van der Waals surface area contributed by atoms with Gasteiger partial charge in [0.25, 0.3) is 0 Å². The van der Waals surface area contributed by atoms with Crippen LogP contribution in [0.1, 0.15) is 71.3 Å². The number of aryl methyl sites for hydroxylation is 1. The molecule has 2 nitrogen and oxygen atoms in total. The first-order valence-corrected chi connectivity index (χ1v) is 17.4. The van der Waals surface area contributed by atoms with E-state index >= 15 is 0 Å². The van der Waals surface area contributed by atoms with E-state index in [4.69, 9.17) is 5.11 Å². The number of hydrogen-bond donors (Lipinski definition) is 1. The molecule has 1 aromatic carbocycles. The van der Waals surface area contributed by atoms with Gasteiger partial charge < -0.3 is 0 Å². The Kier molecular flexibility index (Phi) is 10.7. The van der Waals surface area contributed by atoms with Gasteiger partial charge in [-0.1, -0.05) is 0 Å². The summed E-state index contributed by atoms with van der Waals surface area (Å²) in [6.07, 6.45) is 8.92. The molecule has 0 radical (unpaired) electrons. The molecule has 0 aliphatic carbocycles. The van der Waals surface area contributed by atoms with E-state index in [0.717, 1.165) is 0 Å². The van der Waals surface area contributed by atoms with E-state index < -0.39 is 24.3 Å². The van der Waals surface area contributed by atoms with Crippen molar-refractivity contribution in [3.63, 3.8) is 0 Å². The average Bonchev–Trinajstić information content (AvgIpc) is 2.60. The van der Waals surface area contributed by atoms with Crippen molar-refractivity contribution >= 4 is 27.9 Å². The van der Waals surface area contributed by atoms with Crippen LogP contribution in [-0.4, -0.2) is 29.5 Å². The summed E-state index contributed by atoms with van der Waals surface area (Å²) in [6.45, 7) is 6.93. The zero-order valence-corrected chi connectivity index (χ0v) is 18.8. The Balaban J connectivity index is 2.98. The third-order valence-corrected chi connectivity index (χ3v) is 20.9. The van der Waals surface area contributed by atoms with E-state index in [0.29, 0.717) is 6.42 Å². The zero-order chi connectivity index (χ0) is 17.8. The van der Waals surface area contributed by atoms with E-state index in [9.17, 15) is 4.79 Å². The molecule has 0 heterocycles. The second-order valence-electron chi connectivity index (χ2n) is 7.18. The molecule has 0 aliphatic rings. The van der Waals surface area contributed by atoms with Gasteiger partial charge in [0.05, 0.1) is 0 Å². The molecule has 1 aromatic rings. The standard InChI is InChI=1S/C9H9O2.3C4H9.Sn/c10-9(11)7-6-8-4-2-1-3-5-8;3*1-3-4-2;/h2-5H,6-7H2,(H,10,11);3*1,3-4H2,2H3;. The second kappa shape index (κ2) is 11.9. The van der Waals surface area contributed by atoms with Gasteiger partial charge in [0, 0.05) is 0 Å². The van der Waals surface area contributed by atoms with Gasteiger partial charge in [0.2, 0.25) is 0 Å². The van der Waals surface area contributed by atoms with Crippen LogP contribution < -0.4 is 3.58 Å². The number of carboxylic acids is 1. The molecule has 0 unspecified atom stereocenters. The van der Waals surface area contributed by atoms with Crippen LogP contribution in [0.3, 0.4) is 0 Å². The van der Waals surface area contributed by atoms with E-state index in [1.165, 1.54) is 57.4 Å². The summed E-state index contributed by atoms with van der Waals surface area (Å²) in [7, 11) is 0. The Morgan fingerprint density at radius 1 is 0.875 bits per heavy atom. The molecule has 24 heavy (non-hydrogen) atoms. The predicted molar refractivity (Wildman–Crippen MR) is 107 cm³/mol. The Morgan fingerprint density at radius 3 is 1.71 bits per heavy atom. The van der Waals surface area contributed by atoms with Crippen LogP contribution in [0.4, 0.5) is 0 Å². The molecule has 0 fully saturated rings. The minimum atomic E-state index is -2.31. The predicted octanol–water partition coefficient (Wildman–Crippen LogP) is 5.76. The fourth-order valence-electron chi connectivity index (χ4n) is 3.63. The van der Waals surface area contributed by atoms with Crippen LogP contribution in [0.25, 0.3) is 0 Å². The molecule has 1 rings (SSSR count). The molecule has 0 saturated carbocycles. The van der Waals surface area contributed by atoms with Crippen LogP contribution in [0.15, 0.2) is 24.3 Å². The summed E-state index contributed by atoms with van der Waals surface area (Å²) in [5, 5.41) is 8.86. The number of carbonyl (C=O) groups is 1. The van der Waals surface area contributed by atoms with Crippen molar-refractivity contribution in [1.29, 1.82) is 0 Å². The Bertz CT molecular complexity index is 445. The van der Waals surface area contributed by atoms with Gasteiger partial charge in [0.1, 0.15) is 0 Å². The van der Waals surface area contributed by atoms with Gasteiger partial charge in [-0.3, -0.25) is 0 Å². The summed E-state index contributed by atoms with van der Waals surface area (Å²) in [5.74, 6) is -0.707. The molecular formula is C21H36O2Sn. The van der Waals surface area contributed by atoms with Gasteiger partial charge in [0.15, 0.2) is 0 Å².